The van der Waals surface area contributed by atoms with Crippen molar-refractivity contribution in [1.29, 1.82) is 5.26 Å². The number of hydrogen-bond acceptors (Lipinski definition) is 5. The number of halogens is 3. The van der Waals surface area contributed by atoms with Crippen LogP contribution in [-0.2, 0) is 9.63 Å². The molecule has 0 radical (unpaired) electrons. The number of imide groups is 1. The maximum atomic E-state index is 13.0. The minimum absolute atomic E-state index is 0.0480. The van der Waals surface area contributed by atoms with E-state index in [9.17, 15) is 22.8 Å². The number of nitriles is 1. The molecule has 0 unspecified atom stereocenters. The standard InChI is InChI=1S/C17H17F3N4O3/c1-4-15(17(18,19)20)23(3)16(26)24(11-25)14-6-5-12(2)13(9-14)10-22-27-8-7-21/h4-6,9-11H,8H2,1-3H3/b15-4-,22-10+. The van der Waals surface area contributed by atoms with Crippen LogP contribution < -0.4 is 4.90 Å². The van der Waals surface area contributed by atoms with Crippen LogP contribution in [0.1, 0.15) is 18.1 Å². The summed E-state index contributed by atoms with van der Waals surface area (Å²) in [5, 5.41) is 11.9. The van der Waals surface area contributed by atoms with Gasteiger partial charge >= 0.3 is 12.2 Å². The third-order valence-corrected chi connectivity index (χ3v) is 3.46. The van der Waals surface area contributed by atoms with Crippen LogP contribution in [0.2, 0.25) is 0 Å². The van der Waals surface area contributed by atoms with Crippen molar-refractivity contribution in [2.24, 2.45) is 5.16 Å². The van der Waals surface area contributed by atoms with Crippen LogP contribution in [0.15, 0.2) is 35.1 Å². The van der Waals surface area contributed by atoms with Crippen molar-refractivity contribution in [1.82, 2.24) is 4.90 Å². The Morgan fingerprint density at radius 1 is 1.41 bits per heavy atom. The van der Waals surface area contributed by atoms with Crippen molar-refractivity contribution in [2.75, 3.05) is 18.6 Å². The second kappa shape index (κ2) is 9.38. The van der Waals surface area contributed by atoms with Crippen molar-refractivity contribution in [2.45, 2.75) is 20.0 Å². The summed E-state index contributed by atoms with van der Waals surface area (Å²) < 4.78 is 39.0. The van der Waals surface area contributed by atoms with E-state index in [4.69, 9.17) is 5.26 Å². The van der Waals surface area contributed by atoms with Gasteiger partial charge in [0, 0.05) is 12.6 Å². The highest BCUT2D eigenvalue weighted by molar-refractivity contribution is 6.07. The van der Waals surface area contributed by atoms with Crippen molar-refractivity contribution < 1.29 is 27.6 Å². The monoisotopic (exact) mass is 382 g/mol. The Morgan fingerprint density at radius 3 is 2.59 bits per heavy atom. The SMILES string of the molecule is C/C=C(\N(C)C(=O)N(C=O)c1ccc(C)c(/C=N/OCC#N)c1)C(F)(F)F. The van der Waals surface area contributed by atoms with Crippen LogP contribution in [0.4, 0.5) is 23.7 Å². The summed E-state index contributed by atoms with van der Waals surface area (Å²) in [6, 6.07) is 4.90. The van der Waals surface area contributed by atoms with E-state index in [2.05, 4.69) is 9.99 Å². The molecule has 0 fully saturated rings. The molecule has 0 atom stereocenters. The summed E-state index contributed by atoms with van der Waals surface area (Å²) in [6.45, 7) is 2.60. The van der Waals surface area contributed by atoms with Gasteiger partial charge in [-0.05, 0) is 31.5 Å². The molecule has 144 valence electrons. The zero-order chi connectivity index (χ0) is 20.6. The van der Waals surface area contributed by atoms with Gasteiger partial charge in [0.15, 0.2) is 0 Å². The van der Waals surface area contributed by atoms with Crippen LogP contribution in [0.3, 0.4) is 0 Å². The Kier molecular flexibility index (Phi) is 7.53. The van der Waals surface area contributed by atoms with Gasteiger partial charge in [-0.1, -0.05) is 17.3 Å². The average molecular weight is 382 g/mol. The molecule has 0 N–H and O–H groups in total. The number of oxime groups is 1. The number of amides is 3. The van der Waals surface area contributed by atoms with Crippen LogP contribution in [-0.4, -0.2) is 43.4 Å². The highest BCUT2D eigenvalue weighted by Gasteiger charge is 2.39. The zero-order valence-electron chi connectivity index (χ0n) is 14.8. The second-order valence-electron chi connectivity index (χ2n) is 5.20. The highest BCUT2D eigenvalue weighted by atomic mass is 19.4. The minimum atomic E-state index is -4.75. The van der Waals surface area contributed by atoms with Crippen LogP contribution in [0, 0.1) is 18.3 Å². The normalized spacial score (nSPS) is 11.8. The van der Waals surface area contributed by atoms with Gasteiger partial charge in [-0.25, -0.2) is 9.69 Å². The molecule has 0 saturated carbocycles. The Labute approximate surface area is 153 Å². The highest BCUT2D eigenvalue weighted by Crippen LogP contribution is 2.29. The molecule has 0 aliphatic heterocycles. The molecule has 0 bridgehead atoms. The molecular formula is C17H17F3N4O3. The molecule has 0 aliphatic carbocycles. The molecule has 0 heterocycles. The topological polar surface area (TPSA) is 86.0 Å². The first-order valence-corrected chi connectivity index (χ1v) is 7.56. The van der Waals surface area contributed by atoms with E-state index in [0.717, 1.165) is 20.0 Å². The molecule has 0 aliphatic rings. The molecule has 27 heavy (non-hydrogen) atoms. The number of carbonyl (C=O) groups excluding carboxylic acids is 2. The zero-order valence-corrected chi connectivity index (χ0v) is 14.8. The summed E-state index contributed by atoms with van der Waals surface area (Å²) in [5.41, 5.74) is 0.0129. The van der Waals surface area contributed by atoms with Crippen molar-refractivity contribution in [3.8, 4) is 6.07 Å². The Balaban J connectivity index is 3.18. The fourth-order valence-electron chi connectivity index (χ4n) is 2.11. The Hall–Kier alpha value is -3.35. The number of allylic oxidation sites excluding steroid dienone is 2. The summed E-state index contributed by atoms with van der Waals surface area (Å²) in [6.07, 6.45) is -2.63. The summed E-state index contributed by atoms with van der Waals surface area (Å²) >= 11 is 0. The fourth-order valence-corrected chi connectivity index (χ4v) is 2.11. The number of benzene rings is 1. The number of aryl methyl sites for hydroxylation is 1. The van der Waals surface area contributed by atoms with Gasteiger partial charge in [0.2, 0.25) is 13.0 Å². The first kappa shape index (κ1) is 21.7. The Bertz CT molecular complexity index is 798. The van der Waals surface area contributed by atoms with E-state index < -0.39 is 17.9 Å². The molecule has 1 rings (SSSR count). The first-order chi connectivity index (χ1) is 12.7. The lowest BCUT2D eigenvalue weighted by molar-refractivity contribution is -0.109. The summed E-state index contributed by atoms with van der Waals surface area (Å²) in [5.74, 6) is 0. The van der Waals surface area contributed by atoms with Crippen molar-refractivity contribution >= 4 is 24.3 Å². The molecule has 0 aromatic heterocycles. The smallest absolute Gasteiger partial charge is 0.380 e. The third kappa shape index (κ3) is 5.57. The number of anilines is 1. The quantitative estimate of drug-likeness (QED) is 0.327. The molecular weight excluding hydrogens is 365 g/mol. The second-order valence-corrected chi connectivity index (χ2v) is 5.20. The van der Waals surface area contributed by atoms with Crippen LogP contribution in [0.25, 0.3) is 0 Å². The molecule has 1 aromatic rings. The van der Waals surface area contributed by atoms with E-state index in [1.807, 2.05) is 0 Å². The summed E-state index contributed by atoms with van der Waals surface area (Å²) in [7, 11) is 0.925. The number of hydrogen-bond donors (Lipinski definition) is 0. The number of nitrogens with zero attached hydrogens (tertiary/aromatic N) is 4. The minimum Gasteiger partial charge on any atom is -0.380 e. The van der Waals surface area contributed by atoms with E-state index in [1.54, 1.807) is 19.1 Å². The molecule has 3 amide bonds. The van der Waals surface area contributed by atoms with Gasteiger partial charge in [-0.3, -0.25) is 9.69 Å². The van der Waals surface area contributed by atoms with Crippen LogP contribution in [0.5, 0.6) is 0 Å². The van der Waals surface area contributed by atoms with Gasteiger partial charge in [0.05, 0.1) is 11.9 Å². The maximum Gasteiger partial charge on any atom is 0.431 e. The largest absolute Gasteiger partial charge is 0.431 e. The molecule has 0 saturated heterocycles. The molecule has 7 nitrogen and oxygen atoms in total. The molecule has 0 spiro atoms. The number of alkyl halides is 3. The number of carbonyl (C=O) groups is 2. The summed E-state index contributed by atoms with van der Waals surface area (Å²) in [4.78, 5) is 29.3. The van der Waals surface area contributed by atoms with E-state index >= 15 is 0 Å². The number of urea groups is 1. The Morgan fingerprint density at radius 2 is 2.07 bits per heavy atom. The van der Waals surface area contributed by atoms with E-state index in [0.29, 0.717) is 20.9 Å². The lowest BCUT2D eigenvalue weighted by Gasteiger charge is -2.27. The maximum absolute atomic E-state index is 13.0. The first-order valence-electron chi connectivity index (χ1n) is 7.56. The van der Waals surface area contributed by atoms with Crippen molar-refractivity contribution in [3.63, 3.8) is 0 Å². The van der Waals surface area contributed by atoms with Crippen molar-refractivity contribution in [3.05, 3.63) is 41.1 Å². The van der Waals surface area contributed by atoms with E-state index in [1.165, 1.54) is 18.3 Å². The van der Waals surface area contributed by atoms with Gasteiger partial charge < -0.3 is 4.84 Å². The van der Waals surface area contributed by atoms with Crippen LogP contribution >= 0.6 is 0 Å². The average Bonchev–Trinajstić information content (AvgIpc) is 2.60. The van der Waals surface area contributed by atoms with Gasteiger partial charge in [0.25, 0.3) is 0 Å². The predicted molar refractivity (Wildman–Crippen MR) is 91.9 cm³/mol. The fraction of sp³-hybridized carbons (Fsp3) is 0.294. The molecule has 1 aromatic carbocycles. The molecule has 10 heteroatoms. The van der Waals surface area contributed by atoms with Gasteiger partial charge in [-0.2, -0.15) is 18.4 Å². The lowest BCUT2D eigenvalue weighted by Crippen LogP contribution is -2.43. The van der Waals surface area contributed by atoms with Gasteiger partial charge in [-0.15, -0.1) is 0 Å². The third-order valence-electron chi connectivity index (χ3n) is 3.46. The van der Waals surface area contributed by atoms with Gasteiger partial charge in [0.1, 0.15) is 11.8 Å². The predicted octanol–water partition coefficient (Wildman–Crippen LogP) is 3.35. The number of rotatable bonds is 6. The van der Waals surface area contributed by atoms with E-state index in [-0.39, 0.29) is 18.7 Å². The lowest BCUT2D eigenvalue weighted by atomic mass is 10.1.